The number of carbonyl (C=O) groups excluding carboxylic acids is 1. The second-order valence-corrected chi connectivity index (χ2v) is 5.15. The summed E-state index contributed by atoms with van der Waals surface area (Å²) in [5, 5.41) is 2.93. The van der Waals surface area contributed by atoms with E-state index in [4.69, 9.17) is 0 Å². The molecule has 0 fully saturated rings. The minimum atomic E-state index is -0.111. The molecule has 2 nitrogen and oxygen atoms in total. The van der Waals surface area contributed by atoms with Gasteiger partial charge in [-0.3, -0.25) is 4.79 Å². The Morgan fingerprint density at radius 3 is 2.31 bits per heavy atom. The molecule has 0 aliphatic rings. The third kappa shape index (κ3) is 3.69. The van der Waals surface area contributed by atoms with Crippen LogP contribution in [0.4, 0.5) is 0 Å². The number of nitrogens with one attached hydrogen (secondary N) is 1. The highest BCUT2D eigenvalue weighted by molar-refractivity contribution is 5.77. The van der Waals surface area contributed by atoms with E-state index in [-0.39, 0.29) is 17.4 Å². The molecular formula is C14H21NO. The van der Waals surface area contributed by atoms with Crippen molar-refractivity contribution in [3.63, 3.8) is 0 Å². The molecule has 0 heterocycles. The van der Waals surface area contributed by atoms with E-state index in [0.717, 1.165) is 0 Å². The minimum Gasteiger partial charge on any atom is -0.354 e. The lowest BCUT2D eigenvalue weighted by atomic mass is 9.81. The van der Waals surface area contributed by atoms with Gasteiger partial charge in [-0.05, 0) is 24.8 Å². The van der Waals surface area contributed by atoms with Crippen molar-refractivity contribution >= 4 is 5.91 Å². The van der Waals surface area contributed by atoms with Gasteiger partial charge in [0.15, 0.2) is 0 Å². The molecule has 0 atom stereocenters. The Morgan fingerprint density at radius 1 is 1.25 bits per heavy atom. The normalized spacial score (nSPS) is 11.6. The summed E-state index contributed by atoms with van der Waals surface area (Å²) in [6.07, 6.45) is 0.523. The molecule has 0 aromatic heterocycles. The van der Waals surface area contributed by atoms with Crippen LogP contribution in [0.2, 0.25) is 0 Å². The molecule has 0 aliphatic heterocycles. The predicted molar refractivity (Wildman–Crippen MR) is 67.4 cm³/mol. The number of rotatable bonds is 4. The van der Waals surface area contributed by atoms with Gasteiger partial charge in [-0.1, -0.05) is 44.2 Å². The van der Waals surface area contributed by atoms with Crippen LogP contribution in [-0.2, 0) is 10.2 Å². The molecule has 2 heteroatoms. The van der Waals surface area contributed by atoms with Crippen LogP contribution in [0.25, 0.3) is 0 Å². The molecule has 0 unspecified atom stereocenters. The largest absolute Gasteiger partial charge is 0.354 e. The summed E-state index contributed by atoms with van der Waals surface area (Å²) in [6.45, 7) is 8.16. The minimum absolute atomic E-state index is 0.111. The van der Waals surface area contributed by atoms with Crippen molar-refractivity contribution in [2.75, 3.05) is 0 Å². The van der Waals surface area contributed by atoms with Gasteiger partial charge in [0.05, 0.1) is 0 Å². The first kappa shape index (κ1) is 12.8. The molecule has 1 rings (SSSR count). The number of benzene rings is 1. The summed E-state index contributed by atoms with van der Waals surface area (Å²) >= 11 is 0. The van der Waals surface area contributed by atoms with E-state index in [2.05, 4.69) is 31.3 Å². The summed E-state index contributed by atoms with van der Waals surface area (Å²) in [4.78, 5) is 11.7. The summed E-state index contributed by atoms with van der Waals surface area (Å²) in [5.74, 6) is 0.115. The fraction of sp³-hybridized carbons (Fsp3) is 0.500. The molecule has 88 valence electrons. The zero-order valence-electron chi connectivity index (χ0n) is 10.6. The third-order valence-electron chi connectivity index (χ3n) is 2.61. The van der Waals surface area contributed by atoms with E-state index in [1.165, 1.54) is 5.56 Å². The quantitative estimate of drug-likeness (QED) is 0.829. The smallest absolute Gasteiger partial charge is 0.221 e. The maximum absolute atomic E-state index is 11.7. The van der Waals surface area contributed by atoms with Gasteiger partial charge in [-0.25, -0.2) is 0 Å². The van der Waals surface area contributed by atoms with Crippen LogP contribution in [0.15, 0.2) is 30.3 Å². The Kier molecular flexibility index (Phi) is 4.11. The Balaban J connectivity index is 2.69. The van der Waals surface area contributed by atoms with Crippen molar-refractivity contribution in [3.05, 3.63) is 35.9 Å². The SMILES string of the molecule is CC(C)NC(=O)CC(C)(C)c1ccccc1. The van der Waals surface area contributed by atoms with Gasteiger partial charge < -0.3 is 5.32 Å². The number of hydrogen-bond donors (Lipinski definition) is 1. The Bertz CT molecular complexity index is 341. The van der Waals surface area contributed by atoms with Crippen LogP contribution in [0.5, 0.6) is 0 Å². The van der Waals surface area contributed by atoms with Crippen molar-refractivity contribution in [2.45, 2.75) is 45.6 Å². The highest BCUT2D eigenvalue weighted by Gasteiger charge is 2.24. The van der Waals surface area contributed by atoms with Crippen molar-refractivity contribution in [3.8, 4) is 0 Å². The van der Waals surface area contributed by atoms with Gasteiger partial charge in [0.25, 0.3) is 0 Å². The van der Waals surface area contributed by atoms with Crippen LogP contribution >= 0.6 is 0 Å². The van der Waals surface area contributed by atoms with Gasteiger partial charge in [-0.15, -0.1) is 0 Å². The average Bonchev–Trinajstić information content (AvgIpc) is 2.16. The zero-order valence-corrected chi connectivity index (χ0v) is 10.6. The van der Waals surface area contributed by atoms with Crippen LogP contribution in [0, 0.1) is 0 Å². The second kappa shape index (κ2) is 5.15. The monoisotopic (exact) mass is 219 g/mol. The Labute approximate surface area is 98.1 Å². The molecule has 1 aromatic rings. The van der Waals surface area contributed by atoms with Crippen LogP contribution in [0.3, 0.4) is 0 Å². The topological polar surface area (TPSA) is 29.1 Å². The summed E-state index contributed by atoms with van der Waals surface area (Å²) in [7, 11) is 0. The molecule has 0 aliphatic carbocycles. The molecular weight excluding hydrogens is 198 g/mol. The molecule has 1 aromatic carbocycles. The van der Waals surface area contributed by atoms with Crippen LogP contribution in [0.1, 0.15) is 39.7 Å². The average molecular weight is 219 g/mol. The van der Waals surface area contributed by atoms with E-state index < -0.39 is 0 Å². The highest BCUT2D eigenvalue weighted by atomic mass is 16.1. The lowest BCUT2D eigenvalue weighted by molar-refractivity contribution is -0.122. The van der Waals surface area contributed by atoms with Crippen LogP contribution in [-0.4, -0.2) is 11.9 Å². The fourth-order valence-electron chi connectivity index (χ4n) is 1.77. The van der Waals surface area contributed by atoms with Crippen molar-refractivity contribution in [1.29, 1.82) is 0 Å². The van der Waals surface area contributed by atoms with E-state index in [1.807, 2.05) is 32.0 Å². The van der Waals surface area contributed by atoms with E-state index in [9.17, 15) is 4.79 Å². The predicted octanol–water partition coefficient (Wildman–Crippen LogP) is 2.88. The molecule has 16 heavy (non-hydrogen) atoms. The first-order valence-electron chi connectivity index (χ1n) is 5.77. The molecule has 0 radical (unpaired) electrons. The first-order chi connectivity index (χ1) is 7.42. The summed E-state index contributed by atoms with van der Waals surface area (Å²) in [5.41, 5.74) is 1.09. The maximum Gasteiger partial charge on any atom is 0.221 e. The number of amides is 1. The van der Waals surface area contributed by atoms with Gasteiger partial charge in [0.1, 0.15) is 0 Å². The molecule has 0 bridgehead atoms. The maximum atomic E-state index is 11.7. The molecule has 0 saturated carbocycles. The van der Waals surface area contributed by atoms with Gasteiger partial charge in [0, 0.05) is 12.5 Å². The first-order valence-corrected chi connectivity index (χ1v) is 5.77. The number of hydrogen-bond acceptors (Lipinski definition) is 1. The van der Waals surface area contributed by atoms with E-state index in [1.54, 1.807) is 0 Å². The number of carbonyl (C=O) groups is 1. The lowest BCUT2D eigenvalue weighted by Crippen LogP contribution is -2.35. The van der Waals surface area contributed by atoms with Crippen molar-refractivity contribution < 1.29 is 4.79 Å². The standard InChI is InChI=1S/C14H21NO/c1-11(2)15-13(16)10-14(3,4)12-8-6-5-7-9-12/h5-9,11H,10H2,1-4H3,(H,15,16). The Hall–Kier alpha value is -1.31. The molecule has 0 saturated heterocycles. The van der Waals surface area contributed by atoms with Crippen molar-refractivity contribution in [2.24, 2.45) is 0 Å². The summed E-state index contributed by atoms with van der Waals surface area (Å²) in [6, 6.07) is 10.4. The molecule has 1 N–H and O–H groups in total. The van der Waals surface area contributed by atoms with Gasteiger partial charge in [-0.2, -0.15) is 0 Å². The molecule has 1 amide bonds. The van der Waals surface area contributed by atoms with Crippen LogP contribution < -0.4 is 5.32 Å². The summed E-state index contributed by atoms with van der Waals surface area (Å²) < 4.78 is 0. The van der Waals surface area contributed by atoms with E-state index in [0.29, 0.717) is 6.42 Å². The molecule has 0 spiro atoms. The van der Waals surface area contributed by atoms with Gasteiger partial charge >= 0.3 is 0 Å². The van der Waals surface area contributed by atoms with E-state index >= 15 is 0 Å². The Morgan fingerprint density at radius 2 is 1.81 bits per heavy atom. The zero-order chi connectivity index (χ0) is 12.2. The van der Waals surface area contributed by atoms with Gasteiger partial charge in [0.2, 0.25) is 5.91 Å². The fourth-order valence-corrected chi connectivity index (χ4v) is 1.77. The highest BCUT2D eigenvalue weighted by Crippen LogP contribution is 2.26. The van der Waals surface area contributed by atoms with Crippen molar-refractivity contribution in [1.82, 2.24) is 5.32 Å². The lowest BCUT2D eigenvalue weighted by Gasteiger charge is -2.25. The second-order valence-electron chi connectivity index (χ2n) is 5.15. The third-order valence-corrected chi connectivity index (χ3v) is 2.61.